The minimum Gasteiger partial charge on any atom is -0.381 e. The number of likely N-dealkylation sites (N-methyl/N-ethyl adjacent to an activating group) is 1. The molecule has 2 saturated heterocycles. The van der Waals surface area contributed by atoms with Crippen molar-refractivity contribution in [2.24, 2.45) is 0 Å². The van der Waals surface area contributed by atoms with Crippen LogP contribution in [0.25, 0.3) is 21.8 Å². The van der Waals surface area contributed by atoms with Crippen molar-refractivity contribution in [1.82, 2.24) is 24.6 Å². The highest BCUT2D eigenvalue weighted by Crippen LogP contribution is 2.31. The molecule has 6 rings (SSSR count). The first-order chi connectivity index (χ1) is 17.5. The summed E-state index contributed by atoms with van der Waals surface area (Å²) in [6, 6.07) is 14.6. The molecule has 2 fully saturated rings. The maximum Gasteiger partial charge on any atom is 0.259 e. The van der Waals surface area contributed by atoms with E-state index in [1.165, 1.54) is 5.56 Å². The Morgan fingerprint density at radius 2 is 1.86 bits per heavy atom. The Labute approximate surface area is 209 Å². The minimum atomic E-state index is -0.154. The number of nitrogens with zero attached hydrogens (tertiary/aromatic N) is 4. The van der Waals surface area contributed by atoms with Gasteiger partial charge in [0, 0.05) is 43.8 Å². The third-order valence-electron chi connectivity index (χ3n) is 7.79. The third kappa shape index (κ3) is 3.90. The van der Waals surface area contributed by atoms with Gasteiger partial charge in [-0.1, -0.05) is 30.3 Å². The molecule has 0 saturated carbocycles. The van der Waals surface area contributed by atoms with Gasteiger partial charge in [-0.3, -0.25) is 19.2 Å². The van der Waals surface area contributed by atoms with Gasteiger partial charge < -0.3 is 14.6 Å². The van der Waals surface area contributed by atoms with E-state index in [1.807, 2.05) is 46.8 Å². The number of nitrogens with one attached hydrogen (secondary N) is 1. The van der Waals surface area contributed by atoms with Crippen LogP contribution in [0.15, 0.2) is 53.5 Å². The number of ether oxygens (including phenoxy) is 1. The smallest absolute Gasteiger partial charge is 0.259 e. The number of hydrogen-bond donors (Lipinski definition) is 1. The number of hydrogen-bond acceptors (Lipinski definition) is 5. The van der Waals surface area contributed by atoms with Crippen LogP contribution in [0.1, 0.15) is 46.4 Å². The number of H-pyrrole nitrogens is 1. The van der Waals surface area contributed by atoms with Crippen LogP contribution >= 0.6 is 0 Å². The molecule has 0 radical (unpaired) electrons. The molecule has 8 heteroatoms. The van der Waals surface area contributed by atoms with Crippen molar-refractivity contribution in [1.29, 1.82) is 0 Å². The first kappa shape index (κ1) is 22.9. The summed E-state index contributed by atoms with van der Waals surface area (Å²) in [4.78, 5) is 34.0. The van der Waals surface area contributed by atoms with E-state index >= 15 is 0 Å². The van der Waals surface area contributed by atoms with Crippen LogP contribution in [-0.4, -0.2) is 70.4 Å². The maximum absolute atomic E-state index is 13.9. The molecule has 1 N–H and O–H groups in total. The minimum absolute atomic E-state index is 0.0277. The molecule has 186 valence electrons. The Hall–Kier alpha value is -3.49. The molecule has 8 nitrogen and oxygen atoms in total. The number of aromatic amines is 1. The number of amides is 1. The highest BCUT2D eigenvalue weighted by Gasteiger charge is 2.30. The fraction of sp³-hybridized carbons (Fsp3) is 0.393. The highest BCUT2D eigenvalue weighted by atomic mass is 16.5. The van der Waals surface area contributed by atoms with Gasteiger partial charge in [0.15, 0.2) is 0 Å². The SMILES string of the molecule is Cc1cc2[nH]c(=O)c3cnn(C4CCOCC4)c3c2cc1C(=O)N1CCN(C)C(c2ccccc2)C1. The van der Waals surface area contributed by atoms with Crippen LogP contribution in [0, 0.1) is 6.92 Å². The van der Waals surface area contributed by atoms with Gasteiger partial charge in [0.1, 0.15) is 0 Å². The summed E-state index contributed by atoms with van der Waals surface area (Å²) >= 11 is 0. The van der Waals surface area contributed by atoms with Crippen molar-refractivity contribution in [2.75, 3.05) is 39.9 Å². The molecule has 4 heterocycles. The van der Waals surface area contributed by atoms with E-state index < -0.39 is 0 Å². The van der Waals surface area contributed by atoms with E-state index in [9.17, 15) is 9.59 Å². The van der Waals surface area contributed by atoms with Crippen LogP contribution < -0.4 is 5.56 Å². The summed E-state index contributed by atoms with van der Waals surface area (Å²) in [7, 11) is 2.12. The summed E-state index contributed by atoms with van der Waals surface area (Å²) in [5.41, 5.74) is 4.12. The largest absolute Gasteiger partial charge is 0.381 e. The number of fused-ring (bicyclic) bond motifs is 3. The molecule has 0 spiro atoms. The second kappa shape index (κ2) is 9.19. The molecule has 2 aromatic carbocycles. The lowest BCUT2D eigenvalue weighted by Gasteiger charge is -2.40. The molecule has 36 heavy (non-hydrogen) atoms. The van der Waals surface area contributed by atoms with Gasteiger partial charge in [0.05, 0.1) is 34.7 Å². The zero-order valence-corrected chi connectivity index (χ0v) is 20.7. The quantitative estimate of drug-likeness (QED) is 0.479. The normalized spacial score (nSPS) is 19.8. The Kier molecular flexibility index (Phi) is 5.85. The number of carbonyl (C=O) groups is 1. The van der Waals surface area contributed by atoms with E-state index in [2.05, 4.69) is 34.2 Å². The zero-order chi connectivity index (χ0) is 24.8. The van der Waals surface area contributed by atoms with Gasteiger partial charge in [-0.25, -0.2) is 0 Å². The van der Waals surface area contributed by atoms with Crippen molar-refractivity contribution in [3.63, 3.8) is 0 Å². The van der Waals surface area contributed by atoms with E-state index in [1.54, 1.807) is 6.20 Å². The van der Waals surface area contributed by atoms with Gasteiger partial charge in [-0.05, 0) is 50.1 Å². The Morgan fingerprint density at radius 1 is 1.08 bits per heavy atom. The highest BCUT2D eigenvalue weighted by molar-refractivity contribution is 6.07. The second-order valence-corrected chi connectivity index (χ2v) is 10.0. The Bertz CT molecular complexity index is 1490. The zero-order valence-electron chi connectivity index (χ0n) is 20.7. The standard InChI is InChI=1S/C28H31N5O3/c1-18-14-24-22(26-23(27(34)30-24)16-29-33(26)20-8-12-36-13-9-20)15-21(18)28(35)32-11-10-31(2)25(17-32)19-6-4-3-5-7-19/h3-7,14-16,20,25H,8-13,17H2,1-2H3,(H,30,34). The molecule has 0 bridgehead atoms. The fourth-order valence-corrected chi connectivity index (χ4v) is 5.69. The number of aromatic nitrogens is 3. The lowest BCUT2D eigenvalue weighted by atomic mass is 9.99. The Morgan fingerprint density at radius 3 is 2.64 bits per heavy atom. The average Bonchev–Trinajstić information content (AvgIpc) is 3.36. The van der Waals surface area contributed by atoms with Crippen molar-refractivity contribution >= 4 is 27.7 Å². The van der Waals surface area contributed by atoms with Gasteiger partial charge in [-0.2, -0.15) is 5.10 Å². The predicted octanol–water partition coefficient (Wildman–Crippen LogP) is 3.67. The topological polar surface area (TPSA) is 83.5 Å². The molecular weight excluding hydrogens is 454 g/mol. The number of piperazine rings is 1. The molecule has 1 unspecified atom stereocenters. The predicted molar refractivity (Wildman–Crippen MR) is 139 cm³/mol. The van der Waals surface area contributed by atoms with E-state index in [4.69, 9.17) is 4.74 Å². The molecule has 0 aliphatic carbocycles. The summed E-state index contributed by atoms with van der Waals surface area (Å²) in [6.45, 7) is 5.43. The lowest BCUT2D eigenvalue weighted by Crippen LogP contribution is -2.49. The average molecular weight is 486 g/mol. The Balaban J connectivity index is 1.41. The van der Waals surface area contributed by atoms with E-state index in [-0.39, 0.29) is 23.6 Å². The van der Waals surface area contributed by atoms with Crippen LogP contribution in [0.3, 0.4) is 0 Å². The number of benzene rings is 2. The van der Waals surface area contributed by atoms with Crippen molar-refractivity contribution in [2.45, 2.75) is 31.8 Å². The van der Waals surface area contributed by atoms with Crippen LogP contribution in [0.2, 0.25) is 0 Å². The van der Waals surface area contributed by atoms with Gasteiger partial charge in [0.2, 0.25) is 0 Å². The monoisotopic (exact) mass is 485 g/mol. The van der Waals surface area contributed by atoms with E-state index in [0.29, 0.717) is 37.3 Å². The molecule has 1 atom stereocenters. The number of rotatable bonds is 3. The molecule has 2 aromatic heterocycles. The summed E-state index contributed by atoms with van der Waals surface area (Å²) < 4.78 is 7.51. The van der Waals surface area contributed by atoms with Gasteiger partial charge in [0.25, 0.3) is 11.5 Å². The molecular formula is C28H31N5O3. The third-order valence-corrected chi connectivity index (χ3v) is 7.79. The van der Waals surface area contributed by atoms with Gasteiger partial charge >= 0.3 is 0 Å². The maximum atomic E-state index is 13.9. The van der Waals surface area contributed by atoms with Crippen molar-refractivity contribution in [3.05, 3.63) is 75.7 Å². The summed E-state index contributed by atoms with van der Waals surface area (Å²) in [6.07, 6.45) is 3.35. The van der Waals surface area contributed by atoms with Crippen LogP contribution in [0.4, 0.5) is 0 Å². The van der Waals surface area contributed by atoms with Crippen molar-refractivity contribution < 1.29 is 9.53 Å². The van der Waals surface area contributed by atoms with Crippen LogP contribution in [-0.2, 0) is 4.74 Å². The van der Waals surface area contributed by atoms with Gasteiger partial charge in [-0.15, -0.1) is 0 Å². The molecule has 2 aliphatic heterocycles. The molecule has 1 amide bonds. The first-order valence-corrected chi connectivity index (χ1v) is 12.7. The first-order valence-electron chi connectivity index (χ1n) is 12.7. The van der Waals surface area contributed by atoms with Crippen LogP contribution in [0.5, 0.6) is 0 Å². The van der Waals surface area contributed by atoms with Crippen molar-refractivity contribution in [3.8, 4) is 0 Å². The number of pyridine rings is 1. The fourth-order valence-electron chi connectivity index (χ4n) is 5.69. The lowest BCUT2D eigenvalue weighted by molar-refractivity contribution is 0.0545. The number of carbonyl (C=O) groups excluding carboxylic acids is 1. The number of aryl methyl sites for hydroxylation is 1. The van der Waals surface area contributed by atoms with E-state index in [0.717, 1.165) is 41.4 Å². The summed E-state index contributed by atoms with van der Waals surface area (Å²) in [5.74, 6) is 0.0277. The molecule has 2 aliphatic rings. The molecule has 4 aromatic rings. The second-order valence-electron chi connectivity index (χ2n) is 10.0. The summed E-state index contributed by atoms with van der Waals surface area (Å²) in [5, 5.41) is 6.02.